The number of unbranched alkanes of at least 4 members (excludes halogenated alkanes) is 5. The third-order valence-electron chi connectivity index (χ3n) is 10.3. The van der Waals surface area contributed by atoms with Crippen molar-refractivity contribution in [3.05, 3.63) is 0 Å². The zero-order valence-corrected chi connectivity index (χ0v) is 29.5. The highest BCUT2D eigenvalue weighted by molar-refractivity contribution is 7.99. The van der Waals surface area contributed by atoms with Crippen LogP contribution >= 0.6 is 11.8 Å². The minimum atomic E-state index is -0.645. The van der Waals surface area contributed by atoms with Crippen LogP contribution in [0.2, 0.25) is 0 Å². The molecule has 2 bridgehead atoms. The molecule has 1 saturated heterocycles. The van der Waals surface area contributed by atoms with Crippen LogP contribution in [-0.4, -0.2) is 73.7 Å². The predicted molar refractivity (Wildman–Crippen MR) is 184 cm³/mol. The van der Waals surface area contributed by atoms with Gasteiger partial charge in [0.05, 0.1) is 17.6 Å². The van der Waals surface area contributed by atoms with Gasteiger partial charge in [-0.3, -0.25) is 14.6 Å². The highest BCUT2D eigenvalue weighted by Crippen LogP contribution is 2.65. The molecule has 1 heterocycles. The van der Waals surface area contributed by atoms with Crippen molar-refractivity contribution in [3.8, 4) is 0 Å². The maximum absolute atomic E-state index is 13.8. The molecule has 0 radical (unpaired) electrons. The maximum Gasteiger partial charge on any atom is 0.481 e. The first-order valence-corrected chi connectivity index (χ1v) is 18.5. The SMILES string of the molecule is CCCCCCCCSCCC(=O)N[C@@H](CCCNC(N)=NC)C(=O)N[C@@H](CC(C)C)B1O[C@@H]2C[C@@H]3C[C@@H](C3(C)C)[C@]2(C)O1. The minimum Gasteiger partial charge on any atom is -0.404 e. The van der Waals surface area contributed by atoms with Crippen molar-refractivity contribution in [3.63, 3.8) is 0 Å². The number of carbonyl (C=O) groups is 2. The van der Waals surface area contributed by atoms with E-state index < -0.39 is 13.2 Å². The Balaban J connectivity index is 1.56. The number of aliphatic imine (C=N–C) groups is 1. The highest BCUT2D eigenvalue weighted by Gasteiger charge is 2.68. The minimum absolute atomic E-state index is 0.0527. The van der Waals surface area contributed by atoms with E-state index in [0.29, 0.717) is 49.5 Å². The Bertz CT molecular complexity index is 953. The topological polar surface area (TPSA) is 127 Å². The number of thioether (sulfide) groups is 1. The van der Waals surface area contributed by atoms with Crippen LogP contribution in [-0.2, 0) is 18.9 Å². The number of amides is 2. The summed E-state index contributed by atoms with van der Waals surface area (Å²) in [5.74, 6) is 3.09. The van der Waals surface area contributed by atoms with E-state index in [-0.39, 0.29) is 34.9 Å². The molecule has 4 aliphatic rings. The normalized spacial score (nSPS) is 27.0. The van der Waals surface area contributed by atoms with Crippen LogP contribution in [0.5, 0.6) is 0 Å². The lowest BCUT2D eigenvalue weighted by Crippen LogP contribution is -2.65. The number of nitrogens with one attached hydrogen (secondary N) is 3. The number of nitrogens with zero attached hydrogens (tertiary/aromatic N) is 1. The van der Waals surface area contributed by atoms with Crippen LogP contribution in [0.15, 0.2) is 4.99 Å². The Morgan fingerprint density at radius 2 is 1.77 bits per heavy atom. The van der Waals surface area contributed by atoms with E-state index >= 15 is 0 Å². The molecule has 5 N–H and O–H groups in total. The van der Waals surface area contributed by atoms with E-state index in [1.165, 1.54) is 44.9 Å². The lowest BCUT2D eigenvalue weighted by atomic mass is 9.43. The van der Waals surface area contributed by atoms with Gasteiger partial charge in [-0.05, 0) is 74.4 Å². The summed E-state index contributed by atoms with van der Waals surface area (Å²) < 4.78 is 13.3. The molecule has 0 spiro atoms. The predicted octanol–water partition coefficient (Wildman–Crippen LogP) is 5.07. The summed E-state index contributed by atoms with van der Waals surface area (Å²) in [4.78, 5) is 30.7. The summed E-state index contributed by atoms with van der Waals surface area (Å²) in [5, 5.41) is 9.35. The summed E-state index contributed by atoms with van der Waals surface area (Å²) in [6.45, 7) is 14.0. The number of hydrogen-bond donors (Lipinski definition) is 4. The number of rotatable bonds is 20. The number of hydrogen-bond acceptors (Lipinski definition) is 6. The van der Waals surface area contributed by atoms with Crippen LogP contribution in [0.3, 0.4) is 0 Å². The Hall–Kier alpha value is -1.46. The van der Waals surface area contributed by atoms with E-state index in [2.05, 4.69) is 62.5 Å². The molecule has 9 nitrogen and oxygen atoms in total. The molecular weight excluding hydrogens is 573 g/mol. The standard InChI is InChI=1S/C33H62BN5O4S/c1-8-9-10-11-12-13-18-44-19-16-29(40)38-25(15-14-17-37-31(35)36-7)30(41)39-28(20-23(2)3)34-42-27-22-24-21-26(32(24,4)5)33(27,6)43-34/h23-28H,8-22H2,1-7H3,(H,38,40)(H,39,41)(H3,35,36,37)/t24-,25-,26-,27+,28-,33-/m0/s1. The van der Waals surface area contributed by atoms with Crippen molar-refractivity contribution in [1.29, 1.82) is 0 Å². The monoisotopic (exact) mass is 635 g/mol. The average Bonchev–Trinajstić information content (AvgIpc) is 3.34. The molecule has 1 aliphatic heterocycles. The second kappa shape index (κ2) is 17.5. The lowest BCUT2D eigenvalue weighted by molar-refractivity contribution is -0.199. The molecule has 0 aromatic carbocycles. The third-order valence-corrected chi connectivity index (χ3v) is 11.4. The molecule has 0 aromatic rings. The van der Waals surface area contributed by atoms with Gasteiger partial charge in [-0.2, -0.15) is 11.8 Å². The van der Waals surface area contributed by atoms with Gasteiger partial charge in [-0.15, -0.1) is 0 Å². The van der Waals surface area contributed by atoms with Gasteiger partial charge < -0.3 is 31.0 Å². The molecule has 0 unspecified atom stereocenters. The van der Waals surface area contributed by atoms with Gasteiger partial charge in [0.25, 0.3) is 0 Å². The first-order chi connectivity index (χ1) is 20.9. The Labute approximate surface area is 272 Å². The molecule has 44 heavy (non-hydrogen) atoms. The number of carbonyl (C=O) groups excluding carboxylic acids is 2. The van der Waals surface area contributed by atoms with Crippen molar-refractivity contribution in [2.45, 2.75) is 142 Å². The highest BCUT2D eigenvalue weighted by atomic mass is 32.2. The van der Waals surface area contributed by atoms with Crippen molar-refractivity contribution in [2.24, 2.45) is 33.9 Å². The van der Waals surface area contributed by atoms with E-state index in [4.69, 9.17) is 15.0 Å². The van der Waals surface area contributed by atoms with Crippen molar-refractivity contribution in [2.75, 3.05) is 25.1 Å². The molecule has 252 valence electrons. The van der Waals surface area contributed by atoms with Crippen LogP contribution < -0.4 is 21.7 Å². The first-order valence-electron chi connectivity index (χ1n) is 17.4. The van der Waals surface area contributed by atoms with Gasteiger partial charge in [0.1, 0.15) is 6.04 Å². The second-order valence-electron chi connectivity index (χ2n) is 14.5. The quantitative estimate of drug-likeness (QED) is 0.0637. The molecule has 0 aromatic heterocycles. The second-order valence-corrected chi connectivity index (χ2v) is 15.7. The van der Waals surface area contributed by atoms with Crippen LogP contribution in [0.1, 0.15) is 119 Å². The molecule has 11 heteroatoms. The number of guanidine groups is 1. The van der Waals surface area contributed by atoms with Crippen LogP contribution in [0, 0.1) is 23.2 Å². The fourth-order valence-electron chi connectivity index (χ4n) is 7.49. The molecule has 4 fully saturated rings. The number of nitrogens with two attached hydrogens (primary N) is 1. The van der Waals surface area contributed by atoms with Gasteiger partial charge in [0, 0.05) is 25.8 Å². The fraction of sp³-hybridized carbons (Fsp3) is 0.909. The van der Waals surface area contributed by atoms with Crippen molar-refractivity contribution >= 4 is 36.7 Å². The van der Waals surface area contributed by atoms with Crippen LogP contribution in [0.4, 0.5) is 0 Å². The summed E-state index contributed by atoms with van der Waals surface area (Å²) in [5.41, 5.74) is 5.70. The summed E-state index contributed by atoms with van der Waals surface area (Å²) in [7, 11) is 1.13. The molecule has 3 saturated carbocycles. The Morgan fingerprint density at radius 1 is 1.05 bits per heavy atom. The fourth-order valence-corrected chi connectivity index (χ4v) is 8.43. The van der Waals surface area contributed by atoms with Gasteiger partial charge in [-0.25, -0.2) is 0 Å². The molecule has 3 aliphatic carbocycles. The van der Waals surface area contributed by atoms with E-state index in [0.717, 1.165) is 24.3 Å². The zero-order valence-electron chi connectivity index (χ0n) is 28.7. The molecule has 2 amide bonds. The maximum atomic E-state index is 13.8. The van der Waals surface area contributed by atoms with Crippen molar-refractivity contribution < 1.29 is 18.9 Å². The molecule has 6 atom stereocenters. The first kappa shape index (κ1) is 37.0. The van der Waals surface area contributed by atoms with Crippen LogP contribution in [0.25, 0.3) is 0 Å². The Morgan fingerprint density at radius 3 is 2.45 bits per heavy atom. The lowest BCUT2D eigenvalue weighted by Gasteiger charge is -2.64. The van der Waals surface area contributed by atoms with Gasteiger partial charge in [0.2, 0.25) is 11.8 Å². The van der Waals surface area contributed by atoms with E-state index in [1.807, 2.05) is 11.8 Å². The molecular formula is C33H62BN5O4S. The largest absolute Gasteiger partial charge is 0.481 e. The van der Waals surface area contributed by atoms with E-state index in [1.54, 1.807) is 7.05 Å². The van der Waals surface area contributed by atoms with Gasteiger partial charge >= 0.3 is 7.12 Å². The van der Waals surface area contributed by atoms with Crippen molar-refractivity contribution in [1.82, 2.24) is 16.0 Å². The average molecular weight is 636 g/mol. The van der Waals surface area contributed by atoms with Gasteiger partial charge in [-0.1, -0.05) is 66.7 Å². The summed E-state index contributed by atoms with van der Waals surface area (Å²) in [6, 6.07) is -0.645. The van der Waals surface area contributed by atoms with E-state index in [9.17, 15) is 9.59 Å². The Kier molecular flexibility index (Phi) is 14.7. The molecule has 4 rings (SSSR count). The summed E-state index contributed by atoms with van der Waals surface area (Å²) in [6.07, 6.45) is 12.2. The summed E-state index contributed by atoms with van der Waals surface area (Å²) >= 11 is 1.82. The third kappa shape index (κ3) is 10.0. The zero-order chi connectivity index (χ0) is 32.3. The van der Waals surface area contributed by atoms with Gasteiger partial charge in [0.15, 0.2) is 5.96 Å². The smallest absolute Gasteiger partial charge is 0.404 e.